The third-order valence-corrected chi connectivity index (χ3v) is 9.15. The van der Waals surface area contributed by atoms with E-state index in [0.29, 0.717) is 39.6 Å². The van der Waals surface area contributed by atoms with Crippen molar-refractivity contribution in [1.29, 1.82) is 0 Å². The topological polar surface area (TPSA) is 94.2 Å². The van der Waals surface area contributed by atoms with Gasteiger partial charge in [0.25, 0.3) is 0 Å². The number of para-hydroxylation sites is 2. The SMILES string of the molecule is COc1ccccc1C(=O)[C@H]1[C@@H](C(=O)c2ccc3c(c2)OCO3)N2C=Cc3ccccc3[C@@H]2[C@]12C(=O)Nc1ccccc12. The molecule has 4 aromatic rings. The standard InChI is InChI=1S/C35H26N2O6/c1-41-26-13-7-4-10-23(26)32(39)29-30(31(38)21-14-15-27-28(18-21)43-19-42-27)37-17-16-20-8-2-3-9-22(20)33(37)35(29)24-11-5-6-12-25(24)36-34(35)40/h2-18,29-30,33H,19H2,1H3,(H,36,40)/t29-,30+,33-,35-/m1/s1. The second-order valence-electron chi connectivity index (χ2n) is 11.1. The summed E-state index contributed by atoms with van der Waals surface area (Å²) in [7, 11) is 1.51. The van der Waals surface area contributed by atoms with Crippen LogP contribution in [0.4, 0.5) is 5.69 Å². The number of hydrogen-bond donors (Lipinski definition) is 1. The van der Waals surface area contributed by atoms with Crippen LogP contribution < -0.4 is 19.5 Å². The first kappa shape index (κ1) is 25.3. The van der Waals surface area contributed by atoms with E-state index in [4.69, 9.17) is 14.2 Å². The first-order valence-electron chi connectivity index (χ1n) is 14.1. The quantitative estimate of drug-likeness (QED) is 0.321. The van der Waals surface area contributed by atoms with E-state index in [0.717, 1.165) is 11.1 Å². The van der Waals surface area contributed by atoms with Gasteiger partial charge in [0.05, 0.1) is 24.6 Å². The predicted octanol–water partition coefficient (Wildman–Crippen LogP) is 5.41. The van der Waals surface area contributed by atoms with Gasteiger partial charge in [-0.25, -0.2) is 0 Å². The van der Waals surface area contributed by atoms with E-state index >= 15 is 4.79 Å². The molecule has 0 saturated carbocycles. The molecule has 212 valence electrons. The van der Waals surface area contributed by atoms with E-state index in [9.17, 15) is 9.59 Å². The van der Waals surface area contributed by atoms with Crippen LogP contribution >= 0.6 is 0 Å². The van der Waals surface area contributed by atoms with Gasteiger partial charge in [-0.2, -0.15) is 0 Å². The Balaban J connectivity index is 1.42. The molecule has 1 saturated heterocycles. The number of carbonyl (C=O) groups is 3. The van der Waals surface area contributed by atoms with Crippen molar-refractivity contribution < 1.29 is 28.6 Å². The van der Waals surface area contributed by atoms with Gasteiger partial charge in [-0.3, -0.25) is 14.4 Å². The predicted molar refractivity (Wildman–Crippen MR) is 158 cm³/mol. The van der Waals surface area contributed by atoms with Gasteiger partial charge in [0.1, 0.15) is 17.2 Å². The lowest BCUT2D eigenvalue weighted by Gasteiger charge is -2.38. The maximum Gasteiger partial charge on any atom is 0.238 e. The Bertz CT molecular complexity index is 1880. The summed E-state index contributed by atoms with van der Waals surface area (Å²) in [6.45, 7) is 0.0686. The molecule has 43 heavy (non-hydrogen) atoms. The summed E-state index contributed by atoms with van der Waals surface area (Å²) in [4.78, 5) is 46.3. The Morgan fingerprint density at radius 3 is 2.56 bits per heavy atom. The highest BCUT2D eigenvalue weighted by molar-refractivity contribution is 6.17. The normalized spacial score (nSPS) is 23.9. The number of methoxy groups -OCH3 is 1. The molecule has 0 aliphatic carbocycles. The van der Waals surface area contributed by atoms with E-state index in [1.165, 1.54) is 7.11 Å². The molecule has 1 spiro atoms. The number of ketones is 2. The first-order valence-corrected chi connectivity index (χ1v) is 14.1. The molecule has 1 fully saturated rings. The zero-order valence-corrected chi connectivity index (χ0v) is 23.2. The summed E-state index contributed by atoms with van der Waals surface area (Å²) in [5.74, 6) is -0.668. The maximum atomic E-state index is 15.0. The fourth-order valence-electron chi connectivity index (χ4n) is 7.40. The van der Waals surface area contributed by atoms with Gasteiger partial charge < -0.3 is 24.4 Å². The Labute approximate surface area is 247 Å². The van der Waals surface area contributed by atoms with Crippen LogP contribution in [0.15, 0.2) is 97.2 Å². The number of amides is 1. The van der Waals surface area contributed by atoms with Crippen molar-refractivity contribution in [2.24, 2.45) is 5.92 Å². The molecular weight excluding hydrogens is 544 g/mol. The second-order valence-corrected chi connectivity index (χ2v) is 11.1. The minimum Gasteiger partial charge on any atom is -0.496 e. The third-order valence-electron chi connectivity index (χ3n) is 9.15. The number of carbonyl (C=O) groups excluding carboxylic acids is 3. The molecule has 4 aromatic carbocycles. The lowest BCUT2D eigenvalue weighted by Crippen LogP contribution is -2.49. The van der Waals surface area contributed by atoms with E-state index in [2.05, 4.69) is 5.32 Å². The number of fused-ring (bicyclic) bond motifs is 7. The van der Waals surface area contributed by atoms with Gasteiger partial charge >= 0.3 is 0 Å². The van der Waals surface area contributed by atoms with E-state index < -0.39 is 23.4 Å². The highest BCUT2D eigenvalue weighted by Gasteiger charge is 2.71. The zero-order chi connectivity index (χ0) is 29.3. The molecule has 1 amide bonds. The number of hydrogen-bond acceptors (Lipinski definition) is 7. The first-order chi connectivity index (χ1) is 21.0. The number of rotatable bonds is 5. The molecular formula is C35H26N2O6. The number of ether oxygens (including phenoxy) is 3. The molecule has 4 heterocycles. The Morgan fingerprint density at radius 2 is 1.67 bits per heavy atom. The molecule has 4 aliphatic heterocycles. The molecule has 0 aromatic heterocycles. The van der Waals surface area contributed by atoms with Crippen molar-refractivity contribution in [3.63, 3.8) is 0 Å². The minimum atomic E-state index is -1.42. The van der Waals surface area contributed by atoms with E-state index in [-0.39, 0.29) is 24.3 Å². The van der Waals surface area contributed by atoms with Gasteiger partial charge in [0, 0.05) is 17.5 Å². The van der Waals surface area contributed by atoms with Crippen molar-refractivity contribution >= 4 is 29.2 Å². The number of benzene rings is 4. The summed E-state index contributed by atoms with van der Waals surface area (Å²) in [5, 5.41) is 3.07. The van der Waals surface area contributed by atoms with Crippen LogP contribution in [0.5, 0.6) is 17.2 Å². The van der Waals surface area contributed by atoms with Crippen molar-refractivity contribution in [3.05, 3.63) is 125 Å². The number of anilines is 1. The zero-order valence-electron chi connectivity index (χ0n) is 23.2. The maximum absolute atomic E-state index is 15.0. The van der Waals surface area contributed by atoms with Gasteiger partial charge in [-0.15, -0.1) is 0 Å². The fourth-order valence-corrected chi connectivity index (χ4v) is 7.40. The lowest BCUT2D eigenvalue weighted by atomic mass is 9.62. The second kappa shape index (κ2) is 9.32. The van der Waals surface area contributed by atoms with Crippen LogP contribution in [0.3, 0.4) is 0 Å². The number of nitrogens with zero attached hydrogens (tertiary/aromatic N) is 1. The average Bonchev–Trinajstić information content (AvgIpc) is 3.73. The Morgan fingerprint density at radius 1 is 0.907 bits per heavy atom. The molecule has 0 radical (unpaired) electrons. The monoisotopic (exact) mass is 570 g/mol. The van der Waals surface area contributed by atoms with Crippen molar-refractivity contribution in [2.45, 2.75) is 17.5 Å². The summed E-state index contributed by atoms with van der Waals surface area (Å²) < 4.78 is 16.7. The molecule has 8 nitrogen and oxygen atoms in total. The molecule has 1 N–H and O–H groups in total. The highest BCUT2D eigenvalue weighted by Crippen LogP contribution is 2.62. The average molecular weight is 571 g/mol. The summed E-state index contributed by atoms with van der Waals surface area (Å²) in [5.41, 5.74) is 2.37. The highest BCUT2D eigenvalue weighted by atomic mass is 16.7. The minimum absolute atomic E-state index is 0.0686. The Hall–Kier alpha value is -5.37. The summed E-state index contributed by atoms with van der Waals surface area (Å²) >= 11 is 0. The molecule has 8 rings (SSSR count). The van der Waals surface area contributed by atoms with Crippen molar-refractivity contribution in [3.8, 4) is 17.2 Å². The van der Waals surface area contributed by atoms with Crippen molar-refractivity contribution in [2.75, 3.05) is 19.2 Å². The van der Waals surface area contributed by atoms with Gasteiger partial charge in [0.2, 0.25) is 12.7 Å². The van der Waals surface area contributed by atoms with E-state index in [1.54, 1.807) is 42.5 Å². The summed E-state index contributed by atoms with van der Waals surface area (Å²) in [6.07, 6.45) is 3.79. The van der Waals surface area contributed by atoms with Crippen LogP contribution in [0.1, 0.15) is 43.4 Å². The van der Waals surface area contributed by atoms with Crippen LogP contribution in [-0.2, 0) is 10.2 Å². The Kier molecular flexibility index (Phi) is 5.50. The van der Waals surface area contributed by atoms with Crippen LogP contribution in [0.2, 0.25) is 0 Å². The van der Waals surface area contributed by atoms with E-state index in [1.807, 2.05) is 65.7 Å². The van der Waals surface area contributed by atoms with Gasteiger partial charge in [0.15, 0.2) is 23.1 Å². The number of Topliss-reactive ketones (excluding diaryl/α,β-unsaturated/α-hetero) is 2. The van der Waals surface area contributed by atoms with Crippen molar-refractivity contribution in [1.82, 2.24) is 4.90 Å². The molecule has 4 atom stereocenters. The number of nitrogens with one attached hydrogen (secondary N) is 1. The van der Waals surface area contributed by atoms with Crippen LogP contribution in [0.25, 0.3) is 6.08 Å². The van der Waals surface area contributed by atoms with Gasteiger partial charge in [-0.05, 0) is 59.2 Å². The molecule has 8 heteroatoms. The van der Waals surface area contributed by atoms with Crippen LogP contribution in [-0.4, -0.2) is 42.3 Å². The third kappa shape index (κ3) is 3.40. The molecule has 0 unspecified atom stereocenters. The molecule has 4 aliphatic rings. The smallest absolute Gasteiger partial charge is 0.238 e. The molecule has 0 bridgehead atoms. The summed E-state index contributed by atoms with van der Waals surface area (Å²) in [6, 6.07) is 25.6. The lowest BCUT2D eigenvalue weighted by molar-refractivity contribution is -0.122. The fraction of sp³-hybridized carbons (Fsp3) is 0.171. The van der Waals surface area contributed by atoms with Gasteiger partial charge in [-0.1, -0.05) is 54.6 Å². The largest absolute Gasteiger partial charge is 0.496 e. The van der Waals surface area contributed by atoms with Crippen LogP contribution in [0, 0.1) is 5.92 Å².